The van der Waals surface area contributed by atoms with Gasteiger partial charge in [-0.15, -0.1) is 0 Å². The highest BCUT2D eigenvalue weighted by Crippen LogP contribution is 2.55. The van der Waals surface area contributed by atoms with Crippen LogP contribution in [0.3, 0.4) is 0 Å². The van der Waals surface area contributed by atoms with Crippen molar-refractivity contribution in [2.75, 3.05) is 0 Å². The zero-order chi connectivity index (χ0) is 32.0. The summed E-state index contributed by atoms with van der Waals surface area (Å²) in [6.07, 6.45) is 8.70. The van der Waals surface area contributed by atoms with Crippen LogP contribution in [0.4, 0.5) is 0 Å². The van der Waals surface area contributed by atoms with Gasteiger partial charge in [-0.1, -0.05) is 105 Å². The number of hydrogen-bond donors (Lipinski definition) is 0. The highest BCUT2D eigenvalue weighted by Gasteiger charge is 2.45. The molecule has 1 heterocycles. The summed E-state index contributed by atoms with van der Waals surface area (Å²) in [5.41, 5.74) is 8.64. The highest BCUT2D eigenvalue weighted by molar-refractivity contribution is 5.99. The van der Waals surface area contributed by atoms with Crippen molar-refractivity contribution in [2.24, 2.45) is 17.8 Å². The summed E-state index contributed by atoms with van der Waals surface area (Å²) in [6, 6.07) is 42.5. The van der Waals surface area contributed by atoms with Gasteiger partial charge in [0.15, 0.2) is 0 Å². The molecule has 1 unspecified atom stereocenters. The van der Waals surface area contributed by atoms with E-state index in [4.69, 9.17) is 10.1 Å². The Bertz CT molecular complexity index is 2090. The molecule has 2 aliphatic rings. The van der Waals surface area contributed by atoms with Crippen LogP contribution >= 0.6 is 0 Å². The van der Waals surface area contributed by atoms with Gasteiger partial charge >= 0.3 is 0 Å². The maximum absolute atomic E-state index is 9.29. The summed E-state index contributed by atoms with van der Waals surface area (Å²) < 4.78 is 1.86. The Morgan fingerprint density at radius 3 is 2.04 bits per heavy atom. The Morgan fingerprint density at radius 2 is 1.34 bits per heavy atom. The third kappa shape index (κ3) is 5.51. The zero-order valence-electron chi connectivity index (χ0n) is 27.1. The lowest BCUT2D eigenvalue weighted by molar-refractivity contribution is -0.658. The lowest BCUT2D eigenvalue weighted by Gasteiger charge is -2.51. The van der Waals surface area contributed by atoms with Crippen molar-refractivity contribution in [1.82, 2.24) is 10.1 Å². The molecule has 2 aliphatic carbocycles. The van der Waals surface area contributed by atoms with Crippen molar-refractivity contribution in [1.29, 1.82) is 5.26 Å². The van der Waals surface area contributed by atoms with Crippen molar-refractivity contribution >= 4 is 10.8 Å². The molecule has 6 aromatic rings. The standard InChI is InChI=1S/C43H39N4/c1-29-22-32-23-30(2)25-43(24-29,26-32)40-21-20-37(38-10-6-7-11-39(38)40)33-14-16-34(17-15-33)41-28-47(36-18-12-31(27-44)13-19-36)46-42(45-41)35-8-4-3-5-9-35/h3-21,28-30,32H,22-26H2,1-2H3/q+1/t29-,30+,32-,43?. The topological polar surface area (TPSA) is 53.5 Å². The van der Waals surface area contributed by atoms with E-state index in [0.717, 1.165) is 40.3 Å². The van der Waals surface area contributed by atoms with Crippen LogP contribution in [0.25, 0.3) is 50.2 Å². The summed E-state index contributed by atoms with van der Waals surface area (Å²) in [6.45, 7) is 4.95. The van der Waals surface area contributed by atoms with E-state index in [2.05, 4.69) is 80.6 Å². The van der Waals surface area contributed by atoms with Crippen LogP contribution in [0.1, 0.15) is 57.1 Å². The third-order valence-corrected chi connectivity index (χ3v) is 10.6. The van der Waals surface area contributed by atoms with Crippen LogP contribution in [0.15, 0.2) is 121 Å². The van der Waals surface area contributed by atoms with E-state index in [1.807, 2.05) is 65.5 Å². The maximum atomic E-state index is 9.29. The van der Waals surface area contributed by atoms with E-state index in [1.165, 1.54) is 54.0 Å². The average molecular weight is 612 g/mol. The largest absolute Gasteiger partial charge is 0.238 e. The normalized spacial score (nSPS) is 22.1. The highest BCUT2D eigenvalue weighted by atomic mass is 15.3. The molecule has 2 bridgehead atoms. The van der Waals surface area contributed by atoms with Crippen LogP contribution in [0.5, 0.6) is 0 Å². The molecule has 47 heavy (non-hydrogen) atoms. The van der Waals surface area contributed by atoms with Crippen molar-refractivity contribution in [3.05, 3.63) is 133 Å². The van der Waals surface area contributed by atoms with Gasteiger partial charge in [-0.3, -0.25) is 0 Å². The van der Waals surface area contributed by atoms with Crippen LogP contribution in [-0.4, -0.2) is 10.1 Å². The first kappa shape index (κ1) is 29.3. The Kier molecular flexibility index (Phi) is 7.41. The number of nitrogens with zero attached hydrogens (tertiary/aromatic N) is 4. The molecular formula is C43H39N4+. The first-order valence-corrected chi connectivity index (χ1v) is 17.0. The van der Waals surface area contributed by atoms with E-state index >= 15 is 0 Å². The molecule has 0 amide bonds. The fourth-order valence-electron chi connectivity index (χ4n) is 8.95. The molecule has 0 spiro atoms. The van der Waals surface area contributed by atoms with Crippen LogP contribution in [-0.2, 0) is 5.41 Å². The molecule has 4 nitrogen and oxygen atoms in total. The van der Waals surface area contributed by atoms with Crippen LogP contribution in [0.2, 0.25) is 0 Å². The van der Waals surface area contributed by atoms with Crippen molar-refractivity contribution in [3.8, 4) is 45.5 Å². The van der Waals surface area contributed by atoms with Gasteiger partial charge in [0.2, 0.25) is 17.7 Å². The second-order valence-electron chi connectivity index (χ2n) is 14.1. The van der Waals surface area contributed by atoms with Gasteiger partial charge in [-0.2, -0.15) is 5.26 Å². The minimum absolute atomic E-state index is 0.287. The first-order chi connectivity index (χ1) is 23.0. The summed E-state index contributed by atoms with van der Waals surface area (Å²) >= 11 is 0. The molecule has 2 saturated carbocycles. The lowest BCUT2D eigenvalue weighted by atomic mass is 9.54. The number of fused-ring (bicyclic) bond motifs is 3. The van der Waals surface area contributed by atoms with E-state index in [-0.39, 0.29) is 5.41 Å². The monoisotopic (exact) mass is 611 g/mol. The summed E-state index contributed by atoms with van der Waals surface area (Å²) in [4.78, 5) is 5.01. The molecule has 0 N–H and O–H groups in total. The van der Waals surface area contributed by atoms with Gasteiger partial charge < -0.3 is 0 Å². The number of benzene rings is 5. The molecule has 0 saturated heterocycles. The van der Waals surface area contributed by atoms with Crippen molar-refractivity contribution in [2.45, 2.75) is 51.4 Å². The maximum Gasteiger partial charge on any atom is 0.238 e. The average Bonchev–Trinajstić information content (AvgIpc) is 3.11. The van der Waals surface area contributed by atoms with E-state index in [1.54, 1.807) is 5.56 Å². The molecule has 0 aliphatic heterocycles. The molecule has 0 radical (unpaired) electrons. The summed E-state index contributed by atoms with van der Waals surface area (Å²) in [7, 11) is 0. The predicted molar refractivity (Wildman–Crippen MR) is 189 cm³/mol. The third-order valence-electron chi connectivity index (χ3n) is 10.6. The Morgan fingerprint density at radius 1 is 0.681 bits per heavy atom. The predicted octanol–water partition coefficient (Wildman–Crippen LogP) is 9.88. The van der Waals surface area contributed by atoms with Crippen LogP contribution < -0.4 is 4.68 Å². The van der Waals surface area contributed by atoms with Gasteiger partial charge in [-0.25, -0.2) is 4.98 Å². The van der Waals surface area contributed by atoms with E-state index < -0.39 is 0 Å². The minimum Gasteiger partial charge on any atom is -0.216 e. The minimum atomic E-state index is 0.287. The number of nitriles is 1. The molecule has 5 aromatic carbocycles. The zero-order valence-corrected chi connectivity index (χ0v) is 27.1. The second-order valence-corrected chi connectivity index (χ2v) is 14.1. The number of hydrogen-bond acceptors (Lipinski definition) is 3. The fraction of sp³-hybridized carbons (Fsp3) is 0.256. The van der Waals surface area contributed by atoms with Gasteiger partial charge in [0.1, 0.15) is 5.69 Å². The quantitative estimate of drug-likeness (QED) is 0.182. The molecule has 1 aromatic heterocycles. The lowest BCUT2D eigenvalue weighted by Crippen LogP contribution is -2.42. The number of aromatic nitrogens is 3. The molecule has 2 fully saturated rings. The SMILES string of the molecule is C[C@@H]1C[C@@H]2C[C@H](C)CC(c3ccc(-c4ccc(-c5c[n+](-c6ccc(C#N)cc6)nc(-c6ccccc6)n5)cc4)c4ccccc34)(C1)C2. The molecule has 4 atom stereocenters. The Labute approximate surface area is 277 Å². The molecule has 8 rings (SSSR count). The Hall–Kier alpha value is -5.14. The van der Waals surface area contributed by atoms with Gasteiger partial charge in [0.05, 0.1) is 11.6 Å². The smallest absolute Gasteiger partial charge is 0.216 e. The van der Waals surface area contributed by atoms with E-state index in [0.29, 0.717) is 11.4 Å². The summed E-state index contributed by atoms with van der Waals surface area (Å²) in [5, 5.41) is 16.9. The van der Waals surface area contributed by atoms with Crippen molar-refractivity contribution in [3.63, 3.8) is 0 Å². The van der Waals surface area contributed by atoms with E-state index in [9.17, 15) is 5.26 Å². The fourth-order valence-corrected chi connectivity index (χ4v) is 8.95. The van der Waals surface area contributed by atoms with Crippen molar-refractivity contribution < 1.29 is 4.68 Å². The van der Waals surface area contributed by atoms with Gasteiger partial charge in [-0.05, 0) is 99.6 Å². The van der Waals surface area contributed by atoms with Gasteiger partial charge in [0.25, 0.3) is 0 Å². The Balaban J connectivity index is 1.18. The molecular weight excluding hydrogens is 573 g/mol. The molecule has 4 heteroatoms. The first-order valence-electron chi connectivity index (χ1n) is 17.0. The number of rotatable bonds is 5. The summed E-state index contributed by atoms with van der Waals surface area (Å²) in [5.74, 6) is 3.07. The van der Waals surface area contributed by atoms with Crippen LogP contribution in [0, 0.1) is 29.1 Å². The molecule has 230 valence electrons. The van der Waals surface area contributed by atoms with Gasteiger partial charge in [0, 0.05) is 28.4 Å². The second kappa shape index (κ2) is 11.9.